The molecule has 0 radical (unpaired) electrons. The second kappa shape index (κ2) is 5.15. The van der Waals surface area contributed by atoms with Gasteiger partial charge in [0.05, 0.1) is 10.7 Å². The van der Waals surface area contributed by atoms with Crippen LogP contribution in [0.1, 0.15) is 10.6 Å². The van der Waals surface area contributed by atoms with Crippen molar-refractivity contribution in [3.05, 3.63) is 58.4 Å². The number of anilines is 1. The number of rotatable bonds is 2. The first-order valence-corrected chi connectivity index (χ1v) is 6.50. The molecule has 0 spiro atoms. The van der Waals surface area contributed by atoms with E-state index in [2.05, 4.69) is 10.3 Å². The van der Waals surface area contributed by atoms with Gasteiger partial charge in [0.25, 0.3) is 5.91 Å². The first-order chi connectivity index (χ1) is 9.63. The highest BCUT2D eigenvalue weighted by Crippen LogP contribution is 2.26. The van der Waals surface area contributed by atoms with E-state index in [0.29, 0.717) is 26.8 Å². The summed E-state index contributed by atoms with van der Waals surface area (Å²) in [5.74, 6) is -0.248. The van der Waals surface area contributed by atoms with Crippen LogP contribution in [0, 0.1) is 0 Å². The Bertz CT molecular complexity index is 766. The van der Waals surface area contributed by atoms with E-state index in [9.17, 15) is 4.79 Å². The number of carbonyl (C=O) groups excluding carboxylic acids is 1. The van der Waals surface area contributed by atoms with Crippen LogP contribution in [-0.2, 0) is 0 Å². The first-order valence-electron chi connectivity index (χ1n) is 5.74. The van der Waals surface area contributed by atoms with Gasteiger partial charge in [0.15, 0.2) is 11.3 Å². The van der Waals surface area contributed by atoms with Crippen LogP contribution in [0.4, 0.5) is 5.69 Å². The smallest absolute Gasteiger partial charge is 0.291 e. The molecule has 1 aromatic carbocycles. The van der Waals surface area contributed by atoms with Gasteiger partial charge in [0, 0.05) is 17.3 Å². The normalized spacial score (nSPS) is 10.7. The summed E-state index contributed by atoms with van der Waals surface area (Å²) in [6.45, 7) is 0. The Labute approximate surface area is 124 Å². The van der Waals surface area contributed by atoms with Crippen LogP contribution in [0.2, 0.25) is 10.0 Å². The summed E-state index contributed by atoms with van der Waals surface area (Å²) in [6.07, 6.45) is 1.63. The lowest BCUT2D eigenvalue weighted by atomic mass is 10.3. The molecule has 6 heteroatoms. The number of carbonyl (C=O) groups is 1. The van der Waals surface area contributed by atoms with Gasteiger partial charge < -0.3 is 9.73 Å². The highest BCUT2D eigenvalue weighted by atomic mass is 35.5. The molecule has 100 valence electrons. The van der Waals surface area contributed by atoms with E-state index >= 15 is 0 Å². The number of nitrogens with one attached hydrogen (secondary N) is 1. The molecule has 0 unspecified atom stereocenters. The zero-order valence-electron chi connectivity index (χ0n) is 10.1. The number of halogens is 2. The molecule has 3 rings (SSSR count). The van der Waals surface area contributed by atoms with Gasteiger partial charge in [-0.25, -0.2) is 0 Å². The van der Waals surface area contributed by atoms with Gasteiger partial charge in [-0.1, -0.05) is 23.2 Å². The number of furan rings is 1. The van der Waals surface area contributed by atoms with Crippen molar-refractivity contribution in [3.63, 3.8) is 0 Å². The lowest BCUT2D eigenvalue weighted by molar-refractivity contribution is 0.0998. The summed E-state index contributed by atoms with van der Waals surface area (Å²) in [4.78, 5) is 16.2. The van der Waals surface area contributed by atoms with Crippen LogP contribution in [-0.4, -0.2) is 10.9 Å². The van der Waals surface area contributed by atoms with E-state index in [0.717, 1.165) is 0 Å². The fraction of sp³-hybridized carbons (Fsp3) is 0. The Morgan fingerprint density at radius 2 is 2.05 bits per heavy atom. The summed E-state index contributed by atoms with van der Waals surface area (Å²) in [6, 6.07) is 9.88. The second-order valence-electron chi connectivity index (χ2n) is 4.08. The third kappa shape index (κ3) is 2.48. The number of nitrogens with zero attached hydrogens (tertiary/aromatic N) is 1. The maximum Gasteiger partial charge on any atom is 0.291 e. The highest BCUT2D eigenvalue weighted by Gasteiger charge is 2.14. The van der Waals surface area contributed by atoms with Gasteiger partial charge in [0.1, 0.15) is 5.52 Å². The monoisotopic (exact) mass is 306 g/mol. The third-order valence-corrected chi connectivity index (χ3v) is 3.25. The van der Waals surface area contributed by atoms with Crippen molar-refractivity contribution in [3.8, 4) is 0 Å². The van der Waals surface area contributed by atoms with Crippen LogP contribution >= 0.6 is 23.2 Å². The molecule has 0 aliphatic carbocycles. The summed E-state index contributed by atoms with van der Waals surface area (Å²) < 4.78 is 5.42. The molecule has 0 aliphatic heterocycles. The fourth-order valence-electron chi connectivity index (χ4n) is 1.76. The Morgan fingerprint density at radius 1 is 1.20 bits per heavy atom. The van der Waals surface area contributed by atoms with Crippen LogP contribution in [0.25, 0.3) is 11.1 Å². The van der Waals surface area contributed by atoms with Crippen molar-refractivity contribution < 1.29 is 9.21 Å². The average molecular weight is 307 g/mol. The molecule has 0 aliphatic rings. The lowest BCUT2D eigenvalue weighted by Crippen LogP contribution is -2.11. The zero-order valence-corrected chi connectivity index (χ0v) is 11.6. The molecular weight excluding hydrogens is 299 g/mol. The van der Waals surface area contributed by atoms with E-state index in [1.54, 1.807) is 42.6 Å². The van der Waals surface area contributed by atoms with E-state index in [1.807, 2.05) is 0 Å². The average Bonchev–Trinajstić information content (AvgIpc) is 2.87. The van der Waals surface area contributed by atoms with Crippen LogP contribution in [0.3, 0.4) is 0 Å². The molecule has 0 saturated carbocycles. The predicted octanol–water partition coefficient (Wildman–Crippen LogP) is 4.39. The number of hydrogen-bond donors (Lipinski definition) is 1. The maximum absolute atomic E-state index is 12.1. The Morgan fingerprint density at radius 3 is 2.85 bits per heavy atom. The van der Waals surface area contributed by atoms with E-state index in [1.165, 1.54) is 0 Å². The standard InChI is InChI=1S/C14H8Cl2N2O2/c15-8-3-4-9(16)10(6-8)18-14(19)13-7-11-12(20-13)2-1-5-17-11/h1-7H,(H,18,19). The molecule has 4 nitrogen and oxygen atoms in total. The predicted molar refractivity (Wildman–Crippen MR) is 78.4 cm³/mol. The maximum atomic E-state index is 12.1. The van der Waals surface area contributed by atoms with Crippen LogP contribution < -0.4 is 5.32 Å². The molecule has 1 amide bonds. The Balaban J connectivity index is 1.90. The van der Waals surface area contributed by atoms with Crippen molar-refractivity contribution in [1.29, 1.82) is 0 Å². The highest BCUT2D eigenvalue weighted by molar-refractivity contribution is 6.35. The molecule has 20 heavy (non-hydrogen) atoms. The van der Waals surface area contributed by atoms with Gasteiger partial charge >= 0.3 is 0 Å². The van der Waals surface area contributed by atoms with Crippen LogP contribution in [0.15, 0.2) is 47.0 Å². The molecule has 0 fully saturated rings. The summed E-state index contributed by atoms with van der Waals surface area (Å²) in [7, 11) is 0. The molecule has 3 aromatic rings. The van der Waals surface area contributed by atoms with Crippen molar-refractivity contribution in [2.24, 2.45) is 0 Å². The second-order valence-corrected chi connectivity index (χ2v) is 4.92. The van der Waals surface area contributed by atoms with Gasteiger partial charge in [-0.15, -0.1) is 0 Å². The third-order valence-electron chi connectivity index (χ3n) is 2.69. The number of pyridine rings is 1. The molecule has 1 N–H and O–H groups in total. The molecule has 0 bridgehead atoms. The SMILES string of the molecule is O=C(Nc1cc(Cl)ccc1Cl)c1cc2ncccc2o1. The van der Waals surface area contributed by atoms with Gasteiger partial charge in [-0.3, -0.25) is 9.78 Å². The number of hydrogen-bond acceptors (Lipinski definition) is 3. The van der Waals surface area contributed by atoms with Crippen molar-refractivity contribution in [2.45, 2.75) is 0 Å². The topological polar surface area (TPSA) is 55.1 Å². The number of aromatic nitrogens is 1. The fourth-order valence-corrected chi connectivity index (χ4v) is 2.10. The molecule has 0 saturated heterocycles. The van der Waals surface area contributed by atoms with E-state index in [4.69, 9.17) is 27.6 Å². The minimum absolute atomic E-state index is 0.162. The summed E-state index contributed by atoms with van der Waals surface area (Å²) >= 11 is 11.9. The minimum atomic E-state index is -0.410. The molecule has 2 heterocycles. The quantitative estimate of drug-likeness (QED) is 0.764. The largest absolute Gasteiger partial charge is 0.449 e. The van der Waals surface area contributed by atoms with Gasteiger partial charge in [0.2, 0.25) is 0 Å². The zero-order chi connectivity index (χ0) is 14.1. The minimum Gasteiger partial charge on any atom is -0.449 e. The number of benzene rings is 1. The van der Waals surface area contributed by atoms with Crippen molar-refractivity contribution in [1.82, 2.24) is 4.98 Å². The molecule has 0 atom stereocenters. The Hall–Kier alpha value is -2.04. The molecular formula is C14H8Cl2N2O2. The van der Waals surface area contributed by atoms with Crippen LogP contribution in [0.5, 0.6) is 0 Å². The Kier molecular flexibility index (Phi) is 3.34. The van der Waals surface area contributed by atoms with Gasteiger partial charge in [-0.05, 0) is 30.3 Å². The molecule has 2 aromatic heterocycles. The number of amides is 1. The van der Waals surface area contributed by atoms with E-state index < -0.39 is 5.91 Å². The van der Waals surface area contributed by atoms with Crippen molar-refractivity contribution >= 4 is 45.9 Å². The van der Waals surface area contributed by atoms with Gasteiger partial charge in [-0.2, -0.15) is 0 Å². The first kappa shape index (κ1) is 13.0. The lowest BCUT2D eigenvalue weighted by Gasteiger charge is -2.05. The number of fused-ring (bicyclic) bond motifs is 1. The summed E-state index contributed by atoms with van der Waals surface area (Å²) in [5.41, 5.74) is 1.60. The van der Waals surface area contributed by atoms with E-state index in [-0.39, 0.29) is 5.76 Å². The van der Waals surface area contributed by atoms with Crippen molar-refractivity contribution in [2.75, 3.05) is 5.32 Å². The summed E-state index contributed by atoms with van der Waals surface area (Å²) in [5, 5.41) is 3.53.